The molecule has 0 spiro atoms. The lowest BCUT2D eigenvalue weighted by atomic mass is 9.94. The van der Waals surface area contributed by atoms with Gasteiger partial charge in [-0.3, -0.25) is 4.90 Å². The molecule has 2 unspecified atom stereocenters. The molecule has 106 valence electrons. The number of likely N-dealkylation sites (tertiary alicyclic amines) is 1. The summed E-state index contributed by atoms with van der Waals surface area (Å²) in [6, 6.07) is 1.44. The maximum absolute atomic E-state index is 3.62. The molecule has 2 atom stereocenters. The van der Waals surface area contributed by atoms with Gasteiger partial charge >= 0.3 is 0 Å². The monoisotopic (exact) mass is 253 g/mol. The zero-order chi connectivity index (χ0) is 13.0. The molecule has 1 N–H and O–H groups in total. The van der Waals surface area contributed by atoms with Crippen LogP contribution in [-0.4, -0.2) is 61.2 Å². The molecule has 3 heteroatoms. The Hall–Kier alpha value is -0.120. The van der Waals surface area contributed by atoms with E-state index in [9.17, 15) is 0 Å². The highest BCUT2D eigenvalue weighted by Crippen LogP contribution is 2.21. The van der Waals surface area contributed by atoms with Crippen LogP contribution in [0.15, 0.2) is 0 Å². The molecule has 0 saturated carbocycles. The van der Waals surface area contributed by atoms with Crippen LogP contribution in [0.2, 0.25) is 0 Å². The van der Waals surface area contributed by atoms with Crippen LogP contribution in [0, 0.1) is 5.92 Å². The smallest absolute Gasteiger partial charge is 0.0218 e. The van der Waals surface area contributed by atoms with Gasteiger partial charge in [0.25, 0.3) is 0 Å². The Morgan fingerprint density at radius 1 is 1.17 bits per heavy atom. The van der Waals surface area contributed by atoms with Crippen LogP contribution < -0.4 is 5.32 Å². The average molecular weight is 253 g/mol. The van der Waals surface area contributed by atoms with E-state index in [1.807, 2.05) is 0 Å². The van der Waals surface area contributed by atoms with E-state index in [2.05, 4.69) is 35.9 Å². The van der Waals surface area contributed by atoms with Gasteiger partial charge in [-0.2, -0.15) is 0 Å². The topological polar surface area (TPSA) is 18.5 Å². The Labute approximate surface area is 113 Å². The summed E-state index contributed by atoms with van der Waals surface area (Å²) in [6.07, 6.45) is 4.10. The van der Waals surface area contributed by atoms with Crippen molar-refractivity contribution >= 4 is 0 Å². The van der Waals surface area contributed by atoms with E-state index in [0.717, 1.165) is 12.0 Å². The zero-order valence-corrected chi connectivity index (χ0v) is 12.5. The number of piperidine rings is 1. The molecule has 2 fully saturated rings. The van der Waals surface area contributed by atoms with Gasteiger partial charge in [0.05, 0.1) is 0 Å². The Balaban J connectivity index is 1.80. The summed E-state index contributed by atoms with van der Waals surface area (Å²) in [7, 11) is 0. The minimum Gasteiger partial charge on any atom is -0.311 e. The predicted molar refractivity (Wildman–Crippen MR) is 78.0 cm³/mol. The van der Waals surface area contributed by atoms with Crippen LogP contribution in [0.3, 0.4) is 0 Å². The van der Waals surface area contributed by atoms with Crippen molar-refractivity contribution in [3.05, 3.63) is 0 Å². The molecule has 2 rings (SSSR count). The summed E-state index contributed by atoms with van der Waals surface area (Å²) in [6.45, 7) is 14.6. The second-order valence-electron chi connectivity index (χ2n) is 6.20. The molecule has 0 aromatic rings. The van der Waals surface area contributed by atoms with E-state index in [1.54, 1.807) is 0 Å². The summed E-state index contributed by atoms with van der Waals surface area (Å²) in [4.78, 5) is 5.35. The lowest BCUT2D eigenvalue weighted by Gasteiger charge is -2.42. The number of hydrogen-bond acceptors (Lipinski definition) is 3. The fourth-order valence-electron chi connectivity index (χ4n) is 3.47. The largest absolute Gasteiger partial charge is 0.311 e. The second-order valence-corrected chi connectivity index (χ2v) is 6.20. The van der Waals surface area contributed by atoms with Crippen LogP contribution in [0.25, 0.3) is 0 Å². The molecule has 0 bridgehead atoms. The molecule has 2 aliphatic heterocycles. The first-order valence-corrected chi connectivity index (χ1v) is 7.92. The Kier molecular flexibility index (Phi) is 5.46. The minimum absolute atomic E-state index is 0.670. The van der Waals surface area contributed by atoms with E-state index < -0.39 is 0 Å². The van der Waals surface area contributed by atoms with Gasteiger partial charge in [-0.05, 0) is 51.7 Å². The van der Waals surface area contributed by atoms with Gasteiger partial charge in [0.2, 0.25) is 0 Å². The molecular weight excluding hydrogens is 222 g/mol. The maximum atomic E-state index is 3.62. The third kappa shape index (κ3) is 3.69. The molecule has 2 saturated heterocycles. The van der Waals surface area contributed by atoms with Gasteiger partial charge in [0.1, 0.15) is 0 Å². The molecule has 3 nitrogen and oxygen atoms in total. The minimum atomic E-state index is 0.670. The number of nitrogens with one attached hydrogen (secondary N) is 1. The van der Waals surface area contributed by atoms with Crippen LogP contribution in [-0.2, 0) is 0 Å². The van der Waals surface area contributed by atoms with Crippen LogP contribution in [0.1, 0.15) is 40.0 Å². The van der Waals surface area contributed by atoms with Gasteiger partial charge in [-0.1, -0.05) is 13.8 Å². The fraction of sp³-hybridized carbons (Fsp3) is 1.00. The molecule has 0 radical (unpaired) electrons. The molecule has 18 heavy (non-hydrogen) atoms. The molecule has 0 aromatic heterocycles. The van der Waals surface area contributed by atoms with Crippen molar-refractivity contribution in [3.63, 3.8) is 0 Å². The second kappa shape index (κ2) is 6.88. The first-order chi connectivity index (χ1) is 8.72. The van der Waals surface area contributed by atoms with Crippen molar-refractivity contribution < 1.29 is 0 Å². The number of piperazine rings is 1. The number of nitrogens with zero attached hydrogens (tertiary/aromatic N) is 2. The quantitative estimate of drug-likeness (QED) is 0.824. The Morgan fingerprint density at radius 2 is 1.89 bits per heavy atom. The molecule has 0 amide bonds. The average Bonchev–Trinajstić information content (AvgIpc) is 2.40. The van der Waals surface area contributed by atoms with Crippen LogP contribution in [0.5, 0.6) is 0 Å². The summed E-state index contributed by atoms with van der Waals surface area (Å²) < 4.78 is 0. The summed E-state index contributed by atoms with van der Waals surface area (Å²) in [5, 5.41) is 3.62. The molecule has 2 aliphatic rings. The van der Waals surface area contributed by atoms with E-state index in [1.165, 1.54) is 58.5 Å². The van der Waals surface area contributed by atoms with E-state index in [4.69, 9.17) is 0 Å². The van der Waals surface area contributed by atoms with Crippen molar-refractivity contribution in [1.29, 1.82) is 0 Å². The van der Waals surface area contributed by atoms with Crippen molar-refractivity contribution in [2.45, 2.75) is 52.1 Å². The molecule has 2 heterocycles. The summed E-state index contributed by atoms with van der Waals surface area (Å²) in [5.41, 5.74) is 0. The molecular formula is C15H31N3. The fourth-order valence-corrected chi connectivity index (χ4v) is 3.47. The highest BCUT2D eigenvalue weighted by atomic mass is 15.2. The Morgan fingerprint density at radius 3 is 2.50 bits per heavy atom. The van der Waals surface area contributed by atoms with Gasteiger partial charge in [-0.25, -0.2) is 0 Å². The summed E-state index contributed by atoms with van der Waals surface area (Å²) in [5.74, 6) is 0.937. The highest BCUT2D eigenvalue weighted by molar-refractivity contribution is 4.85. The maximum Gasteiger partial charge on any atom is 0.0218 e. The van der Waals surface area contributed by atoms with Crippen molar-refractivity contribution in [1.82, 2.24) is 15.1 Å². The van der Waals surface area contributed by atoms with Gasteiger partial charge < -0.3 is 10.2 Å². The normalized spacial score (nSPS) is 32.8. The van der Waals surface area contributed by atoms with Crippen LogP contribution >= 0.6 is 0 Å². The summed E-state index contributed by atoms with van der Waals surface area (Å²) >= 11 is 0. The molecule has 0 aliphatic carbocycles. The van der Waals surface area contributed by atoms with Crippen molar-refractivity contribution in [2.24, 2.45) is 5.92 Å². The first-order valence-electron chi connectivity index (χ1n) is 7.92. The van der Waals surface area contributed by atoms with E-state index in [0.29, 0.717) is 6.04 Å². The van der Waals surface area contributed by atoms with Crippen LogP contribution in [0.4, 0.5) is 0 Å². The first kappa shape index (κ1) is 14.3. The third-order valence-corrected chi connectivity index (χ3v) is 4.85. The van der Waals surface area contributed by atoms with Gasteiger partial charge in [0, 0.05) is 31.7 Å². The molecule has 0 aromatic carbocycles. The standard InChI is InChI=1S/C15H31N3/c1-4-15-10-16-13(3)11-18(15)12-14-6-8-17(5-2)9-7-14/h13-16H,4-12H2,1-3H3. The Bertz CT molecular complexity index is 236. The van der Waals surface area contributed by atoms with E-state index >= 15 is 0 Å². The highest BCUT2D eigenvalue weighted by Gasteiger charge is 2.27. The number of rotatable bonds is 4. The third-order valence-electron chi connectivity index (χ3n) is 4.85. The van der Waals surface area contributed by atoms with Gasteiger partial charge in [-0.15, -0.1) is 0 Å². The van der Waals surface area contributed by atoms with Crippen molar-refractivity contribution in [2.75, 3.05) is 39.3 Å². The zero-order valence-electron chi connectivity index (χ0n) is 12.5. The lowest BCUT2D eigenvalue weighted by molar-refractivity contribution is 0.0865. The van der Waals surface area contributed by atoms with E-state index in [-0.39, 0.29) is 0 Å². The number of hydrogen-bond donors (Lipinski definition) is 1. The SMILES string of the molecule is CCC1CNC(C)CN1CC1CCN(CC)CC1. The lowest BCUT2D eigenvalue weighted by Crippen LogP contribution is -2.56. The predicted octanol–water partition coefficient (Wildman–Crippen LogP) is 1.79. The van der Waals surface area contributed by atoms with Crippen molar-refractivity contribution in [3.8, 4) is 0 Å². The van der Waals surface area contributed by atoms with Gasteiger partial charge in [0.15, 0.2) is 0 Å².